The van der Waals surface area contributed by atoms with Gasteiger partial charge in [0, 0.05) is 6.61 Å². The highest BCUT2D eigenvalue weighted by Crippen LogP contribution is 2.20. The fourth-order valence-electron chi connectivity index (χ4n) is 1.74. The predicted molar refractivity (Wildman–Crippen MR) is 63.3 cm³/mol. The van der Waals surface area contributed by atoms with E-state index in [1.807, 2.05) is 12.1 Å². The molecular formula is C13H19NO2. The Kier molecular flexibility index (Phi) is 3.80. The highest BCUT2D eigenvalue weighted by molar-refractivity contribution is 5.30. The van der Waals surface area contributed by atoms with Gasteiger partial charge < -0.3 is 9.57 Å². The molecule has 0 amide bonds. The summed E-state index contributed by atoms with van der Waals surface area (Å²) in [5.41, 5.74) is 4.23. The van der Waals surface area contributed by atoms with Crippen LogP contribution in [-0.4, -0.2) is 12.8 Å². The molecule has 0 spiro atoms. The second-order valence-electron chi connectivity index (χ2n) is 4.45. The Labute approximate surface area is 96.7 Å². The maximum atomic E-state index is 5.51. The summed E-state index contributed by atoms with van der Waals surface area (Å²) in [6, 6.07) is 8.14. The SMILES string of the molecule is CC(C)c1cccc(ONC2CCCO2)c1. The van der Waals surface area contributed by atoms with Gasteiger partial charge in [0.2, 0.25) is 0 Å². The van der Waals surface area contributed by atoms with Crippen molar-refractivity contribution in [3.05, 3.63) is 29.8 Å². The van der Waals surface area contributed by atoms with Crippen LogP contribution >= 0.6 is 0 Å². The van der Waals surface area contributed by atoms with Crippen LogP contribution in [-0.2, 0) is 4.74 Å². The second kappa shape index (κ2) is 5.32. The maximum absolute atomic E-state index is 5.51. The van der Waals surface area contributed by atoms with E-state index in [-0.39, 0.29) is 6.23 Å². The molecule has 1 atom stereocenters. The first-order chi connectivity index (χ1) is 7.75. The summed E-state index contributed by atoms with van der Waals surface area (Å²) in [4.78, 5) is 5.51. The summed E-state index contributed by atoms with van der Waals surface area (Å²) in [6.07, 6.45) is 2.17. The van der Waals surface area contributed by atoms with Crippen molar-refractivity contribution in [3.63, 3.8) is 0 Å². The Balaban J connectivity index is 1.90. The molecule has 1 unspecified atom stereocenters. The summed E-state index contributed by atoms with van der Waals surface area (Å²) < 4.78 is 5.42. The minimum absolute atomic E-state index is 0.0442. The molecule has 1 N–H and O–H groups in total. The molecule has 0 radical (unpaired) electrons. The van der Waals surface area contributed by atoms with E-state index >= 15 is 0 Å². The molecule has 0 bridgehead atoms. The van der Waals surface area contributed by atoms with E-state index in [1.54, 1.807) is 0 Å². The van der Waals surface area contributed by atoms with Gasteiger partial charge in [-0.25, -0.2) is 0 Å². The molecule has 3 nitrogen and oxygen atoms in total. The van der Waals surface area contributed by atoms with E-state index in [1.165, 1.54) is 5.56 Å². The summed E-state index contributed by atoms with van der Waals surface area (Å²) >= 11 is 0. The number of ether oxygens (including phenoxy) is 1. The van der Waals surface area contributed by atoms with E-state index in [2.05, 4.69) is 31.5 Å². The molecule has 0 saturated carbocycles. The molecule has 1 fully saturated rings. The van der Waals surface area contributed by atoms with Gasteiger partial charge in [0.25, 0.3) is 0 Å². The zero-order valence-corrected chi connectivity index (χ0v) is 9.90. The molecule has 1 aromatic rings. The molecule has 1 heterocycles. The molecule has 0 aliphatic carbocycles. The third kappa shape index (κ3) is 2.97. The summed E-state index contributed by atoms with van der Waals surface area (Å²) in [5.74, 6) is 1.37. The van der Waals surface area contributed by atoms with Crippen LogP contribution in [0.15, 0.2) is 24.3 Å². The van der Waals surface area contributed by atoms with Gasteiger partial charge >= 0.3 is 0 Å². The van der Waals surface area contributed by atoms with Crippen molar-refractivity contribution in [2.45, 2.75) is 38.8 Å². The van der Waals surface area contributed by atoms with Gasteiger partial charge in [-0.3, -0.25) is 0 Å². The van der Waals surface area contributed by atoms with Crippen LogP contribution in [0.4, 0.5) is 0 Å². The van der Waals surface area contributed by atoms with Crippen molar-refractivity contribution in [3.8, 4) is 5.75 Å². The van der Waals surface area contributed by atoms with Crippen LogP contribution < -0.4 is 10.3 Å². The number of hydroxylamine groups is 1. The van der Waals surface area contributed by atoms with Crippen LogP contribution in [0.5, 0.6) is 5.75 Å². The molecular weight excluding hydrogens is 202 g/mol. The van der Waals surface area contributed by atoms with Gasteiger partial charge in [0.05, 0.1) is 0 Å². The molecule has 1 saturated heterocycles. The zero-order chi connectivity index (χ0) is 11.4. The van der Waals surface area contributed by atoms with Crippen molar-refractivity contribution in [1.82, 2.24) is 5.48 Å². The fraction of sp³-hybridized carbons (Fsp3) is 0.538. The van der Waals surface area contributed by atoms with Gasteiger partial charge in [-0.15, -0.1) is 5.48 Å². The number of rotatable bonds is 4. The summed E-state index contributed by atoms with van der Waals surface area (Å²) in [5, 5.41) is 0. The van der Waals surface area contributed by atoms with Crippen molar-refractivity contribution in [1.29, 1.82) is 0 Å². The maximum Gasteiger partial charge on any atom is 0.147 e. The minimum atomic E-state index is 0.0442. The van der Waals surface area contributed by atoms with E-state index in [9.17, 15) is 0 Å². The monoisotopic (exact) mass is 221 g/mol. The minimum Gasteiger partial charge on any atom is -0.406 e. The Morgan fingerprint density at radius 1 is 1.44 bits per heavy atom. The molecule has 2 rings (SSSR count). The molecule has 88 valence electrons. The lowest BCUT2D eigenvalue weighted by molar-refractivity contribution is -0.00171. The van der Waals surface area contributed by atoms with E-state index in [0.717, 1.165) is 25.2 Å². The summed E-state index contributed by atoms with van der Waals surface area (Å²) in [7, 11) is 0. The second-order valence-corrected chi connectivity index (χ2v) is 4.45. The lowest BCUT2D eigenvalue weighted by Gasteiger charge is -2.13. The molecule has 1 aliphatic heterocycles. The number of hydrogen-bond acceptors (Lipinski definition) is 3. The highest BCUT2D eigenvalue weighted by Gasteiger charge is 2.15. The quantitative estimate of drug-likeness (QED) is 0.793. The number of nitrogens with one attached hydrogen (secondary N) is 1. The van der Waals surface area contributed by atoms with Crippen LogP contribution in [0.2, 0.25) is 0 Å². The first kappa shape index (κ1) is 11.4. The Hall–Kier alpha value is -1.06. The molecule has 0 aromatic heterocycles. The lowest BCUT2D eigenvalue weighted by atomic mass is 10.0. The third-order valence-corrected chi connectivity index (χ3v) is 2.76. The normalized spacial score (nSPS) is 20.3. The van der Waals surface area contributed by atoms with E-state index in [0.29, 0.717) is 5.92 Å². The van der Waals surface area contributed by atoms with E-state index < -0.39 is 0 Å². The Morgan fingerprint density at radius 3 is 3.00 bits per heavy atom. The van der Waals surface area contributed by atoms with Crippen molar-refractivity contribution >= 4 is 0 Å². The van der Waals surface area contributed by atoms with Crippen LogP contribution in [0.25, 0.3) is 0 Å². The Morgan fingerprint density at radius 2 is 2.31 bits per heavy atom. The van der Waals surface area contributed by atoms with E-state index in [4.69, 9.17) is 9.57 Å². The van der Waals surface area contributed by atoms with Crippen LogP contribution in [0.1, 0.15) is 38.2 Å². The highest BCUT2D eigenvalue weighted by atomic mass is 16.7. The first-order valence-electron chi connectivity index (χ1n) is 5.89. The topological polar surface area (TPSA) is 30.5 Å². The number of benzene rings is 1. The standard InChI is InChI=1S/C13H19NO2/c1-10(2)11-5-3-6-12(9-11)16-14-13-7-4-8-15-13/h3,5-6,9-10,13-14H,4,7-8H2,1-2H3. The smallest absolute Gasteiger partial charge is 0.147 e. The van der Waals surface area contributed by atoms with Gasteiger partial charge in [-0.1, -0.05) is 26.0 Å². The third-order valence-electron chi connectivity index (χ3n) is 2.76. The zero-order valence-electron chi connectivity index (χ0n) is 9.90. The molecule has 1 aromatic carbocycles. The van der Waals surface area contributed by atoms with Crippen molar-refractivity contribution in [2.75, 3.05) is 6.61 Å². The average molecular weight is 221 g/mol. The average Bonchev–Trinajstić information content (AvgIpc) is 2.79. The van der Waals surface area contributed by atoms with Gasteiger partial charge in [-0.2, -0.15) is 0 Å². The van der Waals surface area contributed by atoms with Gasteiger partial charge in [0.15, 0.2) is 0 Å². The van der Waals surface area contributed by atoms with Crippen molar-refractivity contribution < 1.29 is 9.57 Å². The molecule has 1 aliphatic rings. The predicted octanol–water partition coefficient (Wildman–Crippen LogP) is 2.83. The molecule has 3 heteroatoms. The van der Waals surface area contributed by atoms with Crippen LogP contribution in [0.3, 0.4) is 0 Å². The fourth-order valence-corrected chi connectivity index (χ4v) is 1.74. The Bertz CT molecular complexity index is 332. The van der Waals surface area contributed by atoms with Crippen LogP contribution in [0, 0.1) is 0 Å². The van der Waals surface area contributed by atoms with Gasteiger partial charge in [0.1, 0.15) is 12.0 Å². The summed E-state index contributed by atoms with van der Waals surface area (Å²) in [6.45, 7) is 5.17. The molecule has 16 heavy (non-hydrogen) atoms. The number of hydrogen-bond donors (Lipinski definition) is 1. The largest absolute Gasteiger partial charge is 0.406 e. The van der Waals surface area contributed by atoms with Crippen molar-refractivity contribution in [2.24, 2.45) is 0 Å². The van der Waals surface area contributed by atoms with Gasteiger partial charge in [-0.05, 0) is 36.5 Å². The lowest BCUT2D eigenvalue weighted by Crippen LogP contribution is -2.31. The first-order valence-corrected chi connectivity index (χ1v) is 5.89.